The van der Waals surface area contributed by atoms with Gasteiger partial charge in [-0.1, -0.05) is 29.3 Å². The topological polar surface area (TPSA) is 66.5 Å². The Balaban J connectivity index is 1.57. The average Bonchev–Trinajstić information content (AvgIpc) is 3.19. The molecule has 27 heavy (non-hydrogen) atoms. The molecule has 0 aliphatic carbocycles. The van der Waals surface area contributed by atoms with E-state index < -0.39 is 10.0 Å². The molecular formula is C19H20Cl2N2O3S. The highest BCUT2D eigenvalue weighted by atomic mass is 35.5. The van der Waals surface area contributed by atoms with Gasteiger partial charge in [-0.3, -0.25) is 4.79 Å². The van der Waals surface area contributed by atoms with Crippen LogP contribution in [0.25, 0.3) is 0 Å². The smallest absolute Gasteiger partial charge is 0.243 e. The molecule has 1 aliphatic heterocycles. The van der Waals surface area contributed by atoms with Crippen LogP contribution in [0.2, 0.25) is 10.0 Å². The Hall–Kier alpha value is -1.60. The van der Waals surface area contributed by atoms with Crippen LogP contribution in [0.3, 0.4) is 0 Å². The normalized spacial score (nSPS) is 15.0. The number of carbonyl (C=O) groups excluding carboxylic acids is 1. The molecule has 0 atom stereocenters. The van der Waals surface area contributed by atoms with Gasteiger partial charge in [0, 0.05) is 25.2 Å². The maximum absolute atomic E-state index is 12.5. The predicted molar refractivity (Wildman–Crippen MR) is 108 cm³/mol. The van der Waals surface area contributed by atoms with Gasteiger partial charge in [0.2, 0.25) is 15.9 Å². The van der Waals surface area contributed by atoms with Crippen LogP contribution in [0.4, 0.5) is 5.69 Å². The van der Waals surface area contributed by atoms with Gasteiger partial charge in [-0.2, -0.15) is 4.31 Å². The number of sulfonamides is 1. The summed E-state index contributed by atoms with van der Waals surface area (Å²) in [5, 5.41) is 3.72. The van der Waals surface area contributed by atoms with Gasteiger partial charge in [0.1, 0.15) is 0 Å². The Morgan fingerprint density at radius 2 is 1.67 bits per heavy atom. The van der Waals surface area contributed by atoms with Crippen molar-refractivity contribution in [1.82, 2.24) is 4.31 Å². The summed E-state index contributed by atoms with van der Waals surface area (Å²) in [7, 11) is -3.44. The summed E-state index contributed by atoms with van der Waals surface area (Å²) in [5.41, 5.74) is 1.49. The Morgan fingerprint density at radius 1 is 1.00 bits per heavy atom. The van der Waals surface area contributed by atoms with Crippen molar-refractivity contribution < 1.29 is 13.2 Å². The molecule has 0 aromatic heterocycles. The number of aryl methyl sites for hydroxylation is 1. The highest BCUT2D eigenvalue weighted by Gasteiger charge is 2.26. The van der Waals surface area contributed by atoms with Crippen molar-refractivity contribution in [3.05, 3.63) is 58.1 Å². The minimum absolute atomic E-state index is 0.156. The molecule has 0 bridgehead atoms. The first kappa shape index (κ1) is 20.1. The molecule has 1 saturated heterocycles. The van der Waals surface area contributed by atoms with Crippen LogP contribution in [0.15, 0.2) is 47.4 Å². The second kappa shape index (κ2) is 8.61. The van der Waals surface area contributed by atoms with Crippen LogP contribution >= 0.6 is 23.2 Å². The van der Waals surface area contributed by atoms with Gasteiger partial charge >= 0.3 is 0 Å². The highest BCUT2D eigenvalue weighted by Crippen LogP contribution is 2.24. The zero-order chi connectivity index (χ0) is 19.4. The van der Waals surface area contributed by atoms with E-state index in [1.807, 2.05) is 6.07 Å². The summed E-state index contributed by atoms with van der Waals surface area (Å²) in [6.07, 6.45) is 2.61. The maximum Gasteiger partial charge on any atom is 0.243 e. The van der Waals surface area contributed by atoms with Crippen LogP contribution in [0.1, 0.15) is 24.8 Å². The first-order valence-corrected chi connectivity index (χ1v) is 10.9. The molecule has 8 heteroatoms. The quantitative estimate of drug-likeness (QED) is 0.746. The first-order chi connectivity index (χ1) is 12.9. The van der Waals surface area contributed by atoms with Crippen LogP contribution in [-0.2, 0) is 21.2 Å². The minimum Gasteiger partial charge on any atom is -0.326 e. The molecule has 2 aromatic rings. The zero-order valence-corrected chi connectivity index (χ0v) is 16.9. The van der Waals surface area contributed by atoms with E-state index in [4.69, 9.17) is 23.2 Å². The van der Waals surface area contributed by atoms with E-state index in [2.05, 4.69) is 5.32 Å². The number of rotatable bonds is 6. The molecule has 1 amide bonds. The lowest BCUT2D eigenvalue weighted by Gasteiger charge is -2.15. The van der Waals surface area contributed by atoms with E-state index in [1.165, 1.54) is 16.4 Å². The van der Waals surface area contributed by atoms with E-state index in [0.717, 1.165) is 18.4 Å². The van der Waals surface area contributed by atoms with Gasteiger partial charge < -0.3 is 5.32 Å². The lowest BCUT2D eigenvalue weighted by molar-refractivity contribution is -0.116. The van der Waals surface area contributed by atoms with E-state index in [1.54, 1.807) is 24.3 Å². The van der Waals surface area contributed by atoms with E-state index in [9.17, 15) is 13.2 Å². The monoisotopic (exact) mass is 426 g/mol. The van der Waals surface area contributed by atoms with Gasteiger partial charge in [-0.25, -0.2) is 8.42 Å². The summed E-state index contributed by atoms with van der Waals surface area (Å²) in [6, 6.07) is 11.6. The minimum atomic E-state index is -3.44. The Kier molecular flexibility index (Phi) is 6.42. The van der Waals surface area contributed by atoms with Crippen LogP contribution < -0.4 is 5.32 Å². The van der Waals surface area contributed by atoms with Crippen molar-refractivity contribution in [3.8, 4) is 0 Å². The molecule has 1 heterocycles. The van der Waals surface area contributed by atoms with Crippen molar-refractivity contribution in [2.45, 2.75) is 30.6 Å². The number of hydrogen-bond donors (Lipinski definition) is 1. The first-order valence-electron chi connectivity index (χ1n) is 8.70. The molecule has 3 rings (SSSR count). The number of nitrogens with one attached hydrogen (secondary N) is 1. The summed E-state index contributed by atoms with van der Waals surface area (Å²) < 4.78 is 26.5. The molecular weight excluding hydrogens is 407 g/mol. The third-order valence-electron chi connectivity index (χ3n) is 4.47. The fourth-order valence-corrected chi connectivity index (χ4v) is 4.80. The number of benzene rings is 2. The van der Waals surface area contributed by atoms with Crippen LogP contribution in [0, 0.1) is 0 Å². The second-order valence-electron chi connectivity index (χ2n) is 6.43. The van der Waals surface area contributed by atoms with Gasteiger partial charge in [-0.05, 0) is 61.2 Å². The van der Waals surface area contributed by atoms with Crippen molar-refractivity contribution in [3.63, 3.8) is 0 Å². The van der Waals surface area contributed by atoms with Crippen LogP contribution in [-0.4, -0.2) is 31.7 Å². The Labute approximate surface area is 169 Å². The summed E-state index contributed by atoms with van der Waals surface area (Å²) in [6.45, 7) is 1.13. The zero-order valence-electron chi connectivity index (χ0n) is 14.6. The van der Waals surface area contributed by atoms with E-state index in [0.29, 0.717) is 35.2 Å². The molecule has 1 fully saturated rings. The fourth-order valence-electron chi connectivity index (χ4n) is 2.96. The van der Waals surface area contributed by atoms with Gasteiger partial charge in [0.15, 0.2) is 0 Å². The summed E-state index contributed by atoms with van der Waals surface area (Å²) in [5.74, 6) is -0.156. The number of carbonyl (C=O) groups is 1. The molecule has 2 aromatic carbocycles. The Bertz CT molecular complexity index is 924. The molecule has 0 spiro atoms. The standard InChI is InChI=1S/C19H20Cl2N2O3S/c20-17-9-3-14(13-18(17)21)4-10-19(24)22-15-5-7-16(8-6-15)27(25,26)23-11-1-2-12-23/h3,5-9,13H,1-2,4,10-12H2,(H,22,24). The van der Waals surface area contributed by atoms with Gasteiger partial charge in [-0.15, -0.1) is 0 Å². The summed E-state index contributed by atoms with van der Waals surface area (Å²) >= 11 is 11.9. The summed E-state index contributed by atoms with van der Waals surface area (Å²) in [4.78, 5) is 12.4. The number of hydrogen-bond acceptors (Lipinski definition) is 3. The third-order valence-corrected chi connectivity index (χ3v) is 7.12. The molecule has 5 nitrogen and oxygen atoms in total. The molecule has 144 valence electrons. The fraction of sp³-hybridized carbons (Fsp3) is 0.316. The maximum atomic E-state index is 12.5. The molecule has 1 aliphatic rings. The van der Waals surface area contributed by atoms with Crippen molar-refractivity contribution in [2.24, 2.45) is 0 Å². The van der Waals surface area contributed by atoms with Gasteiger partial charge in [0.25, 0.3) is 0 Å². The van der Waals surface area contributed by atoms with E-state index in [-0.39, 0.29) is 17.2 Å². The lowest BCUT2D eigenvalue weighted by atomic mass is 10.1. The number of anilines is 1. The number of halogens is 2. The molecule has 0 unspecified atom stereocenters. The number of nitrogens with zero attached hydrogens (tertiary/aromatic N) is 1. The molecule has 0 radical (unpaired) electrons. The molecule has 0 saturated carbocycles. The lowest BCUT2D eigenvalue weighted by Crippen LogP contribution is -2.27. The van der Waals surface area contributed by atoms with Crippen molar-refractivity contribution >= 4 is 44.8 Å². The largest absolute Gasteiger partial charge is 0.326 e. The average molecular weight is 427 g/mol. The predicted octanol–water partition coefficient (Wildman–Crippen LogP) is 4.35. The van der Waals surface area contributed by atoms with Gasteiger partial charge in [0.05, 0.1) is 14.9 Å². The van der Waals surface area contributed by atoms with Crippen molar-refractivity contribution in [2.75, 3.05) is 18.4 Å². The van der Waals surface area contributed by atoms with Crippen LogP contribution in [0.5, 0.6) is 0 Å². The number of amides is 1. The second-order valence-corrected chi connectivity index (χ2v) is 9.18. The van der Waals surface area contributed by atoms with Crippen molar-refractivity contribution in [1.29, 1.82) is 0 Å². The SMILES string of the molecule is O=C(CCc1ccc(Cl)c(Cl)c1)Nc1ccc(S(=O)(=O)N2CCCC2)cc1. The molecule has 1 N–H and O–H groups in total. The Morgan fingerprint density at radius 3 is 2.30 bits per heavy atom. The highest BCUT2D eigenvalue weighted by molar-refractivity contribution is 7.89. The van der Waals surface area contributed by atoms with E-state index >= 15 is 0 Å². The third kappa shape index (κ3) is 5.02.